The number of aromatic hydroxyl groups is 1. The summed E-state index contributed by atoms with van der Waals surface area (Å²) in [4.78, 5) is 10.4. The van der Waals surface area contributed by atoms with Crippen LogP contribution >= 0.6 is 11.6 Å². The van der Waals surface area contributed by atoms with Gasteiger partial charge in [0.05, 0.1) is 0 Å². The maximum absolute atomic E-state index is 10.4. The third-order valence-electron chi connectivity index (χ3n) is 1.09. The van der Waals surface area contributed by atoms with Gasteiger partial charge in [0.15, 0.2) is 0 Å². The molecule has 0 saturated carbocycles. The van der Waals surface area contributed by atoms with Gasteiger partial charge < -0.3 is 5.11 Å². The Kier molecular flexibility index (Phi) is 1.92. The molecule has 0 radical (unpaired) electrons. The molecule has 1 rings (SSSR count). The van der Waals surface area contributed by atoms with Crippen LogP contribution in [0.3, 0.4) is 0 Å². The first kappa shape index (κ1) is 7.09. The van der Waals surface area contributed by atoms with Crippen molar-refractivity contribution < 1.29 is 9.90 Å². The number of carbonyl (C=O) groups is 1. The topological polar surface area (TPSA) is 37.3 Å². The van der Waals surface area contributed by atoms with Gasteiger partial charge in [-0.25, -0.2) is 0 Å². The molecule has 1 aromatic rings. The minimum Gasteiger partial charge on any atom is -0.508 e. The van der Waals surface area contributed by atoms with Crippen molar-refractivity contribution in [2.75, 3.05) is 0 Å². The van der Waals surface area contributed by atoms with E-state index in [9.17, 15) is 4.79 Å². The monoisotopic (exact) mass is 156 g/mol. The summed E-state index contributed by atoms with van der Waals surface area (Å²) < 4.78 is 0. The van der Waals surface area contributed by atoms with Crippen molar-refractivity contribution in [3.63, 3.8) is 0 Å². The van der Waals surface area contributed by atoms with Gasteiger partial charge in [-0.2, -0.15) is 0 Å². The highest BCUT2D eigenvalue weighted by atomic mass is 35.5. The Morgan fingerprint density at radius 2 is 1.80 bits per heavy atom. The van der Waals surface area contributed by atoms with Crippen LogP contribution < -0.4 is 0 Å². The van der Waals surface area contributed by atoms with Crippen LogP contribution in [-0.4, -0.2) is 10.3 Å². The van der Waals surface area contributed by atoms with Crippen LogP contribution in [0.2, 0.25) is 0 Å². The fourth-order valence-electron chi connectivity index (χ4n) is 0.592. The normalized spacial score (nSPS) is 9.30. The molecule has 10 heavy (non-hydrogen) atoms. The molecule has 2 nitrogen and oxygen atoms in total. The Morgan fingerprint density at radius 3 is 2.20 bits per heavy atom. The van der Waals surface area contributed by atoms with Crippen LogP contribution in [0.25, 0.3) is 0 Å². The van der Waals surface area contributed by atoms with Crippen LogP contribution in [0.5, 0.6) is 5.75 Å². The van der Waals surface area contributed by atoms with Gasteiger partial charge >= 0.3 is 0 Å². The zero-order chi connectivity index (χ0) is 7.56. The van der Waals surface area contributed by atoms with Crippen molar-refractivity contribution in [1.82, 2.24) is 0 Å². The van der Waals surface area contributed by atoms with Gasteiger partial charge in [0.1, 0.15) is 5.75 Å². The fraction of sp³-hybridized carbons (Fsp3) is 0. The lowest BCUT2D eigenvalue weighted by molar-refractivity contribution is 0.108. The molecule has 52 valence electrons. The summed E-state index contributed by atoms with van der Waals surface area (Å²) in [5.74, 6) is 0.127. The molecule has 0 atom stereocenters. The molecule has 3 heteroatoms. The Morgan fingerprint density at radius 1 is 1.30 bits per heavy atom. The molecule has 0 heterocycles. The predicted molar refractivity (Wildman–Crippen MR) is 38.3 cm³/mol. The summed E-state index contributed by atoms with van der Waals surface area (Å²) in [6, 6.07) is 5.75. The van der Waals surface area contributed by atoms with Gasteiger partial charge in [0, 0.05) is 5.56 Å². The first-order valence-electron chi connectivity index (χ1n) is 2.69. The Bertz CT molecular complexity index is 240. The van der Waals surface area contributed by atoms with Crippen LogP contribution in [0.4, 0.5) is 0 Å². The largest absolute Gasteiger partial charge is 0.508 e. The van der Waals surface area contributed by atoms with Gasteiger partial charge in [0.2, 0.25) is 0 Å². The average molecular weight is 157 g/mol. The highest BCUT2D eigenvalue weighted by molar-refractivity contribution is 6.67. The van der Waals surface area contributed by atoms with E-state index in [0.29, 0.717) is 5.56 Å². The second-order valence-corrected chi connectivity index (χ2v) is 2.16. The van der Waals surface area contributed by atoms with Crippen LogP contribution in [-0.2, 0) is 0 Å². The molecule has 1 aromatic carbocycles. The quantitative estimate of drug-likeness (QED) is 0.630. The summed E-state index contributed by atoms with van der Waals surface area (Å²) in [5, 5.41) is 8.27. The molecule has 0 unspecified atom stereocenters. The van der Waals surface area contributed by atoms with Crippen molar-refractivity contribution in [1.29, 1.82) is 0 Å². The van der Waals surface area contributed by atoms with Gasteiger partial charge in [-0.1, -0.05) is 0 Å². The number of carbonyl (C=O) groups excluding carboxylic acids is 1. The lowest BCUT2D eigenvalue weighted by atomic mass is 10.2. The van der Waals surface area contributed by atoms with Gasteiger partial charge in [-0.15, -0.1) is 0 Å². The van der Waals surface area contributed by atoms with Gasteiger partial charge in [-0.3, -0.25) is 4.79 Å². The first-order valence-corrected chi connectivity index (χ1v) is 3.07. The molecule has 1 N–H and O–H groups in total. The Labute approximate surface area is 63.1 Å². The van der Waals surface area contributed by atoms with E-state index < -0.39 is 5.24 Å². The maximum Gasteiger partial charge on any atom is 0.252 e. The van der Waals surface area contributed by atoms with Crippen LogP contribution in [0, 0.1) is 0 Å². The van der Waals surface area contributed by atoms with E-state index in [1.165, 1.54) is 24.3 Å². The van der Waals surface area contributed by atoms with E-state index in [0.717, 1.165) is 0 Å². The van der Waals surface area contributed by atoms with E-state index in [2.05, 4.69) is 0 Å². The SMILES string of the molecule is O=C(Cl)c1ccc(O)cc1. The van der Waals surface area contributed by atoms with Crippen molar-refractivity contribution in [2.24, 2.45) is 0 Å². The van der Waals surface area contributed by atoms with Gasteiger partial charge in [-0.05, 0) is 35.9 Å². The molecule has 0 aliphatic heterocycles. The number of hydrogen-bond donors (Lipinski definition) is 1. The molecule has 0 aromatic heterocycles. The molecular weight excluding hydrogens is 152 g/mol. The highest BCUT2D eigenvalue weighted by Gasteiger charge is 1.98. The third-order valence-corrected chi connectivity index (χ3v) is 1.31. The molecule has 0 bridgehead atoms. The van der Waals surface area contributed by atoms with Gasteiger partial charge in [0.25, 0.3) is 5.24 Å². The minimum atomic E-state index is -0.514. The Balaban J connectivity index is 3.00. The second-order valence-electron chi connectivity index (χ2n) is 1.82. The predicted octanol–water partition coefficient (Wildman–Crippen LogP) is 1.77. The Hall–Kier alpha value is -1.02. The maximum atomic E-state index is 10.4. The molecule has 0 spiro atoms. The number of hydrogen-bond acceptors (Lipinski definition) is 2. The fourth-order valence-corrected chi connectivity index (χ4v) is 0.718. The molecular formula is C7H5ClO2. The number of rotatable bonds is 1. The zero-order valence-electron chi connectivity index (χ0n) is 5.04. The standard InChI is InChI=1S/C7H5ClO2/c8-7(10)5-1-3-6(9)4-2-5/h1-4,9H. The van der Waals surface area contributed by atoms with Crippen molar-refractivity contribution >= 4 is 16.8 Å². The van der Waals surface area contributed by atoms with E-state index >= 15 is 0 Å². The summed E-state index contributed by atoms with van der Waals surface area (Å²) in [7, 11) is 0. The summed E-state index contributed by atoms with van der Waals surface area (Å²) in [5.41, 5.74) is 0.388. The minimum absolute atomic E-state index is 0.127. The summed E-state index contributed by atoms with van der Waals surface area (Å²) in [6.45, 7) is 0. The van der Waals surface area contributed by atoms with E-state index in [1.54, 1.807) is 0 Å². The number of phenolic OH excluding ortho intramolecular Hbond substituents is 1. The number of halogens is 1. The number of phenols is 1. The van der Waals surface area contributed by atoms with Crippen molar-refractivity contribution in [2.45, 2.75) is 0 Å². The molecule has 0 saturated heterocycles. The molecule has 0 aliphatic rings. The average Bonchev–Trinajstić information content (AvgIpc) is 1.88. The van der Waals surface area contributed by atoms with Crippen molar-refractivity contribution in [3.8, 4) is 5.75 Å². The lowest BCUT2D eigenvalue weighted by Crippen LogP contribution is -1.85. The smallest absolute Gasteiger partial charge is 0.252 e. The summed E-state index contributed by atoms with van der Waals surface area (Å²) >= 11 is 5.13. The van der Waals surface area contributed by atoms with E-state index in [-0.39, 0.29) is 5.75 Å². The van der Waals surface area contributed by atoms with E-state index in [4.69, 9.17) is 16.7 Å². The zero-order valence-corrected chi connectivity index (χ0v) is 5.80. The van der Waals surface area contributed by atoms with E-state index in [1.807, 2.05) is 0 Å². The highest BCUT2D eigenvalue weighted by Crippen LogP contribution is 2.10. The van der Waals surface area contributed by atoms with Crippen molar-refractivity contribution in [3.05, 3.63) is 29.8 Å². The van der Waals surface area contributed by atoms with Crippen LogP contribution in [0.15, 0.2) is 24.3 Å². The first-order chi connectivity index (χ1) is 4.70. The lowest BCUT2D eigenvalue weighted by Gasteiger charge is -1.91. The molecule has 0 aliphatic carbocycles. The second kappa shape index (κ2) is 2.71. The number of benzene rings is 1. The molecule has 0 fully saturated rings. The third kappa shape index (κ3) is 1.48. The van der Waals surface area contributed by atoms with Crippen LogP contribution in [0.1, 0.15) is 10.4 Å². The summed E-state index contributed by atoms with van der Waals surface area (Å²) in [6.07, 6.45) is 0. The molecule has 0 amide bonds.